The number of aliphatic imine (C=N–C) groups is 1. The largest absolute Gasteiger partial charge is 0.462 e. The van der Waals surface area contributed by atoms with Gasteiger partial charge in [-0.3, -0.25) is 0 Å². The van der Waals surface area contributed by atoms with Gasteiger partial charge in [0, 0.05) is 11.1 Å². The van der Waals surface area contributed by atoms with Crippen molar-refractivity contribution in [3.05, 3.63) is 58.8 Å². The molecule has 0 saturated heterocycles. The van der Waals surface area contributed by atoms with Gasteiger partial charge in [-0.1, -0.05) is 6.07 Å². The van der Waals surface area contributed by atoms with Crippen molar-refractivity contribution in [1.82, 2.24) is 4.98 Å². The van der Waals surface area contributed by atoms with Crippen LogP contribution >= 0.6 is 35.3 Å². The summed E-state index contributed by atoms with van der Waals surface area (Å²) in [5.41, 5.74) is 10.1. The third-order valence-corrected chi connectivity index (χ3v) is 4.09. The molecule has 5 nitrogen and oxygen atoms in total. The van der Waals surface area contributed by atoms with Gasteiger partial charge in [0.1, 0.15) is 0 Å². The number of nitrogens with one attached hydrogen (secondary N) is 1. The van der Waals surface area contributed by atoms with Crippen LogP contribution in [0.15, 0.2) is 51.4 Å². The van der Waals surface area contributed by atoms with E-state index in [2.05, 4.69) is 35.2 Å². The second kappa shape index (κ2) is 8.29. The number of furan rings is 1. The van der Waals surface area contributed by atoms with Gasteiger partial charge in [0.05, 0.1) is 18.5 Å². The van der Waals surface area contributed by atoms with Crippen LogP contribution in [0.25, 0.3) is 10.8 Å². The average Bonchev–Trinajstić information content (AvgIpc) is 3.15. The standard InChI is InChI=1S/C17H18N4OS.HI/c1-11-6-12(2)8-13(7-11)21-17(18)19-9-14-10-23-16(20-14)15-4-3-5-22-15;/h3-8,10H,9H2,1-2H3,(H3,18,19,21);1H. The number of anilines is 1. The molecule has 3 rings (SSSR count). The first-order valence-electron chi connectivity index (χ1n) is 7.23. The van der Waals surface area contributed by atoms with Crippen LogP contribution in [0.2, 0.25) is 0 Å². The Morgan fingerprint density at radius 1 is 1.29 bits per heavy atom. The Bertz CT molecular complexity index is 807. The van der Waals surface area contributed by atoms with Gasteiger partial charge in [-0.15, -0.1) is 35.3 Å². The molecule has 24 heavy (non-hydrogen) atoms. The number of aryl methyl sites for hydroxylation is 2. The van der Waals surface area contributed by atoms with Gasteiger partial charge < -0.3 is 15.5 Å². The number of thiazole rings is 1. The van der Waals surface area contributed by atoms with E-state index in [-0.39, 0.29) is 24.0 Å². The van der Waals surface area contributed by atoms with E-state index in [4.69, 9.17) is 10.2 Å². The fourth-order valence-corrected chi connectivity index (χ4v) is 3.07. The normalized spacial score (nSPS) is 11.2. The van der Waals surface area contributed by atoms with E-state index in [0.717, 1.165) is 22.1 Å². The van der Waals surface area contributed by atoms with Crippen LogP contribution in [0.5, 0.6) is 0 Å². The van der Waals surface area contributed by atoms with Crippen molar-refractivity contribution in [2.75, 3.05) is 5.32 Å². The van der Waals surface area contributed by atoms with Crippen LogP contribution in [-0.4, -0.2) is 10.9 Å². The Morgan fingerprint density at radius 2 is 2.04 bits per heavy atom. The fourth-order valence-electron chi connectivity index (χ4n) is 2.29. The molecule has 0 spiro atoms. The van der Waals surface area contributed by atoms with Crippen molar-refractivity contribution in [2.24, 2.45) is 10.7 Å². The number of nitrogens with two attached hydrogens (primary N) is 1. The van der Waals surface area contributed by atoms with Crippen LogP contribution in [0.1, 0.15) is 16.8 Å². The third kappa shape index (κ3) is 4.81. The minimum atomic E-state index is 0. The number of nitrogens with zero attached hydrogens (tertiary/aromatic N) is 2. The highest BCUT2D eigenvalue weighted by Gasteiger charge is 2.06. The maximum Gasteiger partial charge on any atom is 0.193 e. The molecule has 126 valence electrons. The summed E-state index contributed by atoms with van der Waals surface area (Å²) in [7, 11) is 0. The van der Waals surface area contributed by atoms with Crippen molar-refractivity contribution >= 4 is 47.0 Å². The van der Waals surface area contributed by atoms with Crippen molar-refractivity contribution in [1.29, 1.82) is 0 Å². The van der Waals surface area contributed by atoms with Crippen molar-refractivity contribution < 1.29 is 4.42 Å². The maximum absolute atomic E-state index is 5.95. The predicted octanol–water partition coefficient (Wildman–Crippen LogP) is 4.56. The third-order valence-electron chi connectivity index (χ3n) is 3.19. The summed E-state index contributed by atoms with van der Waals surface area (Å²) in [6, 6.07) is 9.92. The van der Waals surface area contributed by atoms with Gasteiger partial charge in [-0.25, -0.2) is 9.98 Å². The lowest BCUT2D eigenvalue weighted by Crippen LogP contribution is -2.22. The van der Waals surface area contributed by atoms with Gasteiger partial charge in [-0.05, 0) is 49.2 Å². The molecule has 0 atom stereocenters. The zero-order chi connectivity index (χ0) is 16.2. The van der Waals surface area contributed by atoms with Crippen LogP contribution in [-0.2, 0) is 6.54 Å². The lowest BCUT2D eigenvalue weighted by Gasteiger charge is -2.07. The molecule has 0 amide bonds. The molecule has 0 aliphatic carbocycles. The topological polar surface area (TPSA) is 76.4 Å². The molecular weight excluding hydrogens is 435 g/mol. The molecule has 2 aromatic heterocycles. The van der Waals surface area contributed by atoms with E-state index in [9.17, 15) is 0 Å². The summed E-state index contributed by atoms with van der Waals surface area (Å²) in [4.78, 5) is 8.83. The first kappa shape index (κ1) is 18.5. The van der Waals surface area contributed by atoms with Crippen LogP contribution < -0.4 is 11.1 Å². The predicted molar refractivity (Wildman–Crippen MR) is 110 cm³/mol. The Hall–Kier alpha value is -1.87. The molecule has 0 fully saturated rings. The lowest BCUT2D eigenvalue weighted by atomic mass is 10.1. The van der Waals surface area contributed by atoms with Gasteiger partial charge in [0.15, 0.2) is 16.7 Å². The quantitative estimate of drug-likeness (QED) is 0.344. The number of rotatable bonds is 4. The first-order chi connectivity index (χ1) is 11.1. The summed E-state index contributed by atoms with van der Waals surface area (Å²) in [5, 5.41) is 5.92. The fraction of sp³-hybridized carbons (Fsp3) is 0.176. The van der Waals surface area contributed by atoms with Crippen LogP contribution in [0.4, 0.5) is 5.69 Å². The molecule has 2 heterocycles. The SMILES string of the molecule is Cc1cc(C)cc(NC(N)=NCc2csc(-c3ccco3)n2)c1.I. The second-order valence-corrected chi connectivity index (χ2v) is 6.18. The minimum Gasteiger partial charge on any atom is -0.462 e. The lowest BCUT2D eigenvalue weighted by molar-refractivity contribution is 0.581. The molecule has 3 aromatic rings. The van der Waals surface area contributed by atoms with Gasteiger partial charge >= 0.3 is 0 Å². The molecule has 0 aliphatic heterocycles. The van der Waals surface area contributed by atoms with E-state index >= 15 is 0 Å². The van der Waals surface area contributed by atoms with Gasteiger partial charge in [-0.2, -0.15) is 0 Å². The van der Waals surface area contributed by atoms with E-state index in [1.165, 1.54) is 22.5 Å². The number of benzene rings is 1. The molecular formula is C17H19IN4OS. The Kier molecular flexibility index (Phi) is 6.38. The van der Waals surface area contributed by atoms with E-state index in [1.807, 2.05) is 29.6 Å². The Balaban J connectivity index is 0.00000208. The summed E-state index contributed by atoms with van der Waals surface area (Å²) in [6.07, 6.45) is 1.64. The zero-order valence-corrected chi connectivity index (χ0v) is 16.6. The monoisotopic (exact) mass is 454 g/mol. The van der Waals surface area contributed by atoms with Crippen molar-refractivity contribution in [2.45, 2.75) is 20.4 Å². The summed E-state index contributed by atoms with van der Waals surface area (Å²) in [6.45, 7) is 4.54. The molecule has 0 saturated carbocycles. The summed E-state index contributed by atoms with van der Waals surface area (Å²) < 4.78 is 5.33. The number of guanidine groups is 1. The number of aromatic nitrogens is 1. The number of halogens is 1. The van der Waals surface area contributed by atoms with E-state index < -0.39 is 0 Å². The maximum atomic E-state index is 5.95. The molecule has 0 unspecified atom stereocenters. The molecule has 1 aromatic carbocycles. The van der Waals surface area contributed by atoms with Gasteiger partial charge in [0.2, 0.25) is 0 Å². The summed E-state index contributed by atoms with van der Waals surface area (Å²) in [5.74, 6) is 1.15. The highest BCUT2D eigenvalue weighted by atomic mass is 127. The van der Waals surface area contributed by atoms with Crippen LogP contribution in [0.3, 0.4) is 0 Å². The number of hydrogen-bond acceptors (Lipinski definition) is 4. The first-order valence-corrected chi connectivity index (χ1v) is 8.11. The zero-order valence-electron chi connectivity index (χ0n) is 13.4. The van der Waals surface area contributed by atoms with Crippen LogP contribution in [0, 0.1) is 13.8 Å². The van der Waals surface area contributed by atoms with E-state index in [0.29, 0.717) is 12.5 Å². The Labute approximate surface area is 162 Å². The Morgan fingerprint density at radius 3 is 2.71 bits per heavy atom. The molecule has 0 aliphatic rings. The highest BCUT2D eigenvalue weighted by Crippen LogP contribution is 2.24. The number of hydrogen-bond donors (Lipinski definition) is 2. The van der Waals surface area contributed by atoms with Crippen molar-refractivity contribution in [3.8, 4) is 10.8 Å². The molecule has 3 N–H and O–H groups in total. The average molecular weight is 454 g/mol. The summed E-state index contributed by atoms with van der Waals surface area (Å²) >= 11 is 1.53. The van der Waals surface area contributed by atoms with E-state index in [1.54, 1.807) is 6.26 Å². The molecule has 0 radical (unpaired) electrons. The smallest absolute Gasteiger partial charge is 0.193 e. The second-order valence-electron chi connectivity index (χ2n) is 5.32. The molecule has 7 heteroatoms. The minimum absolute atomic E-state index is 0. The van der Waals surface area contributed by atoms with Crippen molar-refractivity contribution in [3.63, 3.8) is 0 Å². The highest BCUT2D eigenvalue weighted by molar-refractivity contribution is 14.0. The molecule has 0 bridgehead atoms. The van der Waals surface area contributed by atoms with Gasteiger partial charge in [0.25, 0.3) is 0 Å².